The van der Waals surface area contributed by atoms with E-state index in [1.54, 1.807) is 0 Å². The molecule has 4 nitrogen and oxygen atoms in total. The zero-order chi connectivity index (χ0) is 13.8. The van der Waals surface area contributed by atoms with Gasteiger partial charge in [-0.25, -0.2) is 9.97 Å². The van der Waals surface area contributed by atoms with E-state index in [1.165, 1.54) is 45.3 Å². The van der Waals surface area contributed by atoms with Crippen molar-refractivity contribution in [2.75, 3.05) is 37.6 Å². The number of anilines is 1. The van der Waals surface area contributed by atoms with Crippen molar-refractivity contribution in [2.24, 2.45) is 5.92 Å². The van der Waals surface area contributed by atoms with Crippen molar-refractivity contribution in [1.29, 1.82) is 0 Å². The molecule has 2 aliphatic heterocycles. The Kier molecular flexibility index (Phi) is 4.73. The van der Waals surface area contributed by atoms with Crippen molar-refractivity contribution in [1.82, 2.24) is 14.9 Å². The van der Waals surface area contributed by atoms with Gasteiger partial charge in [0.05, 0.1) is 5.88 Å². The van der Waals surface area contributed by atoms with E-state index in [4.69, 9.17) is 11.6 Å². The molecule has 0 N–H and O–H groups in total. The van der Waals surface area contributed by atoms with E-state index in [-0.39, 0.29) is 0 Å². The van der Waals surface area contributed by atoms with Gasteiger partial charge in [0.15, 0.2) is 0 Å². The zero-order valence-corrected chi connectivity index (χ0v) is 12.7. The summed E-state index contributed by atoms with van der Waals surface area (Å²) in [7, 11) is 0. The van der Waals surface area contributed by atoms with Gasteiger partial charge in [0, 0.05) is 37.6 Å². The lowest BCUT2D eigenvalue weighted by atomic mass is 9.96. The second-order valence-electron chi connectivity index (χ2n) is 5.96. The number of likely N-dealkylation sites (tertiary alicyclic amines) is 1. The Morgan fingerprint density at radius 3 is 2.30 bits per heavy atom. The maximum absolute atomic E-state index is 5.77. The van der Waals surface area contributed by atoms with Crippen molar-refractivity contribution in [2.45, 2.75) is 31.6 Å². The van der Waals surface area contributed by atoms with Crippen molar-refractivity contribution < 1.29 is 0 Å². The molecule has 20 heavy (non-hydrogen) atoms. The maximum Gasteiger partial charge on any atom is 0.225 e. The van der Waals surface area contributed by atoms with Crippen LogP contribution < -0.4 is 4.90 Å². The van der Waals surface area contributed by atoms with Gasteiger partial charge in [-0.3, -0.25) is 0 Å². The van der Waals surface area contributed by atoms with E-state index in [1.807, 2.05) is 12.4 Å². The number of hydrogen-bond acceptors (Lipinski definition) is 4. The summed E-state index contributed by atoms with van der Waals surface area (Å²) in [5.41, 5.74) is 0.985. The molecule has 0 spiro atoms. The molecule has 2 aliphatic rings. The van der Waals surface area contributed by atoms with Gasteiger partial charge in [-0.05, 0) is 44.7 Å². The minimum atomic E-state index is 0.484. The van der Waals surface area contributed by atoms with Crippen LogP contribution in [0.1, 0.15) is 31.2 Å². The minimum absolute atomic E-state index is 0.484. The van der Waals surface area contributed by atoms with Gasteiger partial charge < -0.3 is 9.80 Å². The van der Waals surface area contributed by atoms with Crippen LogP contribution in [-0.4, -0.2) is 47.6 Å². The fraction of sp³-hybridized carbons (Fsp3) is 0.733. The maximum atomic E-state index is 5.77. The van der Waals surface area contributed by atoms with Crippen LogP contribution in [0.5, 0.6) is 0 Å². The third kappa shape index (κ3) is 3.41. The summed E-state index contributed by atoms with van der Waals surface area (Å²) in [5, 5.41) is 0. The van der Waals surface area contributed by atoms with E-state index >= 15 is 0 Å². The van der Waals surface area contributed by atoms with Crippen LogP contribution in [0.25, 0.3) is 0 Å². The molecular weight excluding hydrogens is 272 g/mol. The standard InChI is InChI=1S/C15H23ClN4/c16-9-14-10-17-15(18-11-14)20-7-3-13(4-8-20)12-19-5-1-2-6-19/h10-11,13H,1-9,12H2. The predicted molar refractivity (Wildman–Crippen MR) is 82.2 cm³/mol. The van der Waals surface area contributed by atoms with Crippen molar-refractivity contribution in [3.05, 3.63) is 18.0 Å². The van der Waals surface area contributed by atoms with E-state index < -0.39 is 0 Å². The Morgan fingerprint density at radius 2 is 1.70 bits per heavy atom. The third-order valence-corrected chi connectivity index (χ3v) is 4.77. The molecule has 110 valence electrons. The summed E-state index contributed by atoms with van der Waals surface area (Å²) in [6, 6.07) is 0. The lowest BCUT2D eigenvalue weighted by Crippen LogP contribution is -2.38. The van der Waals surface area contributed by atoms with Crippen LogP contribution >= 0.6 is 11.6 Å². The molecule has 1 aromatic heterocycles. The number of nitrogens with zero attached hydrogens (tertiary/aromatic N) is 4. The minimum Gasteiger partial charge on any atom is -0.341 e. The van der Waals surface area contributed by atoms with Gasteiger partial charge in [-0.1, -0.05) is 0 Å². The quantitative estimate of drug-likeness (QED) is 0.799. The molecule has 0 bridgehead atoms. The highest BCUT2D eigenvalue weighted by Crippen LogP contribution is 2.22. The monoisotopic (exact) mass is 294 g/mol. The Morgan fingerprint density at radius 1 is 1.05 bits per heavy atom. The molecule has 0 saturated carbocycles. The van der Waals surface area contributed by atoms with Crippen LogP contribution in [0.2, 0.25) is 0 Å². The molecule has 0 aliphatic carbocycles. The summed E-state index contributed by atoms with van der Waals surface area (Å²) in [4.78, 5) is 13.8. The SMILES string of the molecule is ClCc1cnc(N2CCC(CN3CCCC3)CC2)nc1. The summed E-state index contributed by atoms with van der Waals surface area (Å²) in [5.74, 6) is 2.20. The average molecular weight is 295 g/mol. The molecule has 2 fully saturated rings. The average Bonchev–Trinajstić information content (AvgIpc) is 3.01. The fourth-order valence-electron chi connectivity index (χ4n) is 3.23. The smallest absolute Gasteiger partial charge is 0.225 e. The molecule has 3 heterocycles. The zero-order valence-electron chi connectivity index (χ0n) is 12.0. The van der Waals surface area contributed by atoms with Crippen LogP contribution in [0, 0.1) is 5.92 Å². The van der Waals surface area contributed by atoms with Crippen LogP contribution in [0.3, 0.4) is 0 Å². The highest BCUT2D eigenvalue weighted by Gasteiger charge is 2.23. The predicted octanol–water partition coefficient (Wildman–Crippen LogP) is 2.53. The molecule has 1 aromatic rings. The molecule has 0 aromatic carbocycles. The summed E-state index contributed by atoms with van der Waals surface area (Å²) in [6.07, 6.45) is 8.98. The number of aromatic nitrogens is 2. The number of halogens is 1. The van der Waals surface area contributed by atoms with Gasteiger partial charge in [0.2, 0.25) is 5.95 Å². The topological polar surface area (TPSA) is 32.3 Å². The second kappa shape index (κ2) is 6.72. The molecule has 0 atom stereocenters. The molecule has 0 unspecified atom stereocenters. The molecule has 0 amide bonds. The van der Waals surface area contributed by atoms with Gasteiger partial charge in [0.1, 0.15) is 0 Å². The number of piperidine rings is 1. The second-order valence-corrected chi connectivity index (χ2v) is 6.23. The van der Waals surface area contributed by atoms with E-state index in [2.05, 4.69) is 19.8 Å². The fourth-order valence-corrected chi connectivity index (χ4v) is 3.36. The Balaban J connectivity index is 1.49. The summed E-state index contributed by atoms with van der Waals surface area (Å²) in [6.45, 7) is 6.07. The first-order chi connectivity index (χ1) is 9.85. The van der Waals surface area contributed by atoms with Crippen molar-refractivity contribution in [3.63, 3.8) is 0 Å². The molecule has 2 saturated heterocycles. The van der Waals surface area contributed by atoms with Gasteiger partial charge in [-0.2, -0.15) is 0 Å². The molecule has 5 heteroatoms. The number of alkyl halides is 1. The number of hydrogen-bond donors (Lipinski definition) is 0. The Bertz CT molecular complexity index is 408. The first-order valence-corrected chi connectivity index (χ1v) is 8.23. The van der Waals surface area contributed by atoms with Crippen LogP contribution in [-0.2, 0) is 5.88 Å². The Hall–Kier alpha value is -0.870. The van der Waals surface area contributed by atoms with Crippen LogP contribution in [0.15, 0.2) is 12.4 Å². The van der Waals surface area contributed by atoms with E-state index in [0.717, 1.165) is 30.5 Å². The lowest BCUT2D eigenvalue weighted by Gasteiger charge is -2.33. The lowest BCUT2D eigenvalue weighted by molar-refractivity contribution is 0.249. The Labute approximate surface area is 126 Å². The molecule has 3 rings (SSSR count). The van der Waals surface area contributed by atoms with E-state index in [0.29, 0.717) is 5.88 Å². The largest absolute Gasteiger partial charge is 0.341 e. The highest BCUT2D eigenvalue weighted by molar-refractivity contribution is 6.17. The highest BCUT2D eigenvalue weighted by atomic mass is 35.5. The third-order valence-electron chi connectivity index (χ3n) is 4.46. The van der Waals surface area contributed by atoms with Gasteiger partial charge in [-0.15, -0.1) is 11.6 Å². The van der Waals surface area contributed by atoms with Crippen molar-refractivity contribution >= 4 is 17.5 Å². The first kappa shape index (κ1) is 14.1. The normalized spacial score (nSPS) is 21.6. The summed E-state index contributed by atoms with van der Waals surface area (Å²) < 4.78 is 0. The first-order valence-electron chi connectivity index (χ1n) is 7.69. The van der Waals surface area contributed by atoms with Gasteiger partial charge in [0.25, 0.3) is 0 Å². The molecule has 0 radical (unpaired) electrons. The van der Waals surface area contributed by atoms with E-state index in [9.17, 15) is 0 Å². The van der Waals surface area contributed by atoms with Gasteiger partial charge >= 0.3 is 0 Å². The van der Waals surface area contributed by atoms with Crippen molar-refractivity contribution in [3.8, 4) is 0 Å². The molecular formula is C15H23ClN4. The number of rotatable bonds is 4. The van der Waals surface area contributed by atoms with Crippen LogP contribution in [0.4, 0.5) is 5.95 Å². The summed E-state index contributed by atoms with van der Waals surface area (Å²) >= 11 is 5.77.